The molecular weight excluding hydrogens is 180 g/mol. The molecule has 1 N–H and O–H groups in total. The van der Waals surface area contributed by atoms with Gasteiger partial charge in [-0.3, -0.25) is 0 Å². The summed E-state index contributed by atoms with van der Waals surface area (Å²) in [6.45, 7) is -1.59. The fourth-order valence-electron chi connectivity index (χ4n) is 0.942. The number of hydrogen-bond acceptors (Lipinski definition) is 3. The smallest absolute Gasteiger partial charge is 0.388 e. The number of ether oxygens (including phenoxy) is 1. The highest BCUT2D eigenvalue weighted by molar-refractivity contribution is 5.32. The molecule has 0 saturated heterocycles. The van der Waals surface area contributed by atoms with Crippen LogP contribution in [0.3, 0.4) is 0 Å². The average Bonchev–Trinajstić information content (AvgIpc) is 2.03. The highest BCUT2D eigenvalue weighted by Gasteiger charge is 2.11. The molecule has 1 aromatic heterocycles. The molecule has 0 aliphatic heterocycles. The lowest BCUT2D eigenvalue weighted by Gasteiger charge is -2.09. The van der Waals surface area contributed by atoms with Gasteiger partial charge in [-0.2, -0.15) is 8.78 Å². The van der Waals surface area contributed by atoms with Gasteiger partial charge in [0.1, 0.15) is 0 Å². The summed E-state index contributed by atoms with van der Waals surface area (Å²) < 4.78 is 27.8. The van der Waals surface area contributed by atoms with E-state index >= 15 is 0 Å². The Balaban J connectivity index is 2.98. The molecule has 0 bridgehead atoms. The number of aromatic nitrogens is 1. The molecule has 0 fully saturated rings. The van der Waals surface area contributed by atoms with Crippen LogP contribution >= 0.6 is 0 Å². The number of pyridine rings is 1. The monoisotopic (exact) mass is 189 g/mol. The largest absolute Gasteiger partial charge is 0.417 e. The van der Waals surface area contributed by atoms with E-state index in [-0.39, 0.29) is 12.5 Å². The third-order valence-electron chi connectivity index (χ3n) is 1.61. The van der Waals surface area contributed by atoms with E-state index in [9.17, 15) is 8.78 Å². The first kappa shape index (κ1) is 9.85. The number of rotatable bonds is 3. The molecule has 0 aromatic carbocycles. The minimum atomic E-state index is -2.92. The lowest BCUT2D eigenvalue weighted by atomic mass is 10.2. The zero-order chi connectivity index (χ0) is 9.84. The van der Waals surface area contributed by atoms with Crippen LogP contribution in [-0.4, -0.2) is 16.7 Å². The summed E-state index contributed by atoms with van der Waals surface area (Å²) in [5.41, 5.74) is 0.968. The zero-order valence-corrected chi connectivity index (χ0v) is 7.00. The number of nitrogens with zero attached hydrogens (tertiary/aromatic N) is 1. The van der Waals surface area contributed by atoms with Gasteiger partial charge >= 0.3 is 6.61 Å². The Morgan fingerprint density at radius 3 is 2.85 bits per heavy atom. The lowest BCUT2D eigenvalue weighted by molar-refractivity contribution is -0.0540. The summed E-state index contributed by atoms with van der Waals surface area (Å²) in [5.74, 6) is -0.211. The van der Waals surface area contributed by atoms with E-state index in [1.165, 1.54) is 6.20 Å². The van der Waals surface area contributed by atoms with Crippen LogP contribution in [0.1, 0.15) is 11.1 Å². The first-order chi connectivity index (χ1) is 6.15. The van der Waals surface area contributed by atoms with Crippen molar-refractivity contribution in [1.82, 2.24) is 4.98 Å². The summed E-state index contributed by atoms with van der Waals surface area (Å²) in [6, 6.07) is 1.61. The predicted molar refractivity (Wildman–Crippen MR) is 41.5 cm³/mol. The molecule has 0 radical (unpaired) electrons. The molecule has 3 nitrogen and oxygen atoms in total. The number of aliphatic hydroxyl groups is 1. The molecular formula is C8H9F2NO2. The van der Waals surface area contributed by atoms with Crippen LogP contribution in [0.4, 0.5) is 8.78 Å². The van der Waals surface area contributed by atoms with Gasteiger partial charge in [0.05, 0.1) is 6.61 Å². The van der Waals surface area contributed by atoms with E-state index in [0.717, 1.165) is 0 Å². The molecule has 0 unspecified atom stereocenters. The number of hydrogen-bond donors (Lipinski definition) is 1. The predicted octanol–water partition coefficient (Wildman–Crippen LogP) is 1.48. The van der Waals surface area contributed by atoms with Crippen LogP contribution in [0, 0.1) is 6.92 Å². The molecule has 5 heteroatoms. The van der Waals surface area contributed by atoms with Gasteiger partial charge in [0.2, 0.25) is 5.88 Å². The highest BCUT2D eigenvalue weighted by atomic mass is 19.3. The van der Waals surface area contributed by atoms with Crippen LogP contribution in [-0.2, 0) is 6.61 Å². The van der Waals surface area contributed by atoms with Gasteiger partial charge in [0.15, 0.2) is 0 Å². The van der Waals surface area contributed by atoms with Gasteiger partial charge in [-0.15, -0.1) is 0 Å². The summed E-state index contributed by atoms with van der Waals surface area (Å²) in [4.78, 5) is 3.59. The Morgan fingerprint density at radius 2 is 2.31 bits per heavy atom. The van der Waals surface area contributed by atoms with E-state index in [2.05, 4.69) is 9.72 Å². The Morgan fingerprint density at radius 1 is 1.62 bits per heavy atom. The Bertz CT molecular complexity index is 291. The van der Waals surface area contributed by atoms with E-state index in [4.69, 9.17) is 5.11 Å². The van der Waals surface area contributed by atoms with Gasteiger partial charge in [0, 0.05) is 11.8 Å². The van der Waals surface area contributed by atoms with Gasteiger partial charge in [-0.25, -0.2) is 4.98 Å². The zero-order valence-electron chi connectivity index (χ0n) is 7.00. The van der Waals surface area contributed by atoms with Gasteiger partial charge in [-0.05, 0) is 18.6 Å². The third-order valence-corrected chi connectivity index (χ3v) is 1.61. The van der Waals surface area contributed by atoms with Crippen molar-refractivity contribution in [2.75, 3.05) is 0 Å². The van der Waals surface area contributed by atoms with Crippen molar-refractivity contribution in [2.24, 2.45) is 0 Å². The molecule has 0 aliphatic carbocycles. The SMILES string of the molecule is Cc1ccnc(OC(F)F)c1CO. The Labute approximate surface area is 74.0 Å². The van der Waals surface area contributed by atoms with Gasteiger partial charge in [0.25, 0.3) is 0 Å². The second kappa shape index (κ2) is 4.13. The maximum absolute atomic E-state index is 11.8. The van der Waals surface area contributed by atoms with E-state index < -0.39 is 6.61 Å². The van der Waals surface area contributed by atoms with E-state index in [0.29, 0.717) is 11.1 Å². The van der Waals surface area contributed by atoms with Crippen LogP contribution in [0.15, 0.2) is 12.3 Å². The van der Waals surface area contributed by atoms with E-state index in [1.807, 2.05) is 0 Å². The Hall–Kier alpha value is -1.23. The molecule has 0 aliphatic rings. The molecule has 1 rings (SSSR count). The summed E-state index contributed by atoms with van der Waals surface area (Å²) in [7, 11) is 0. The second-order valence-corrected chi connectivity index (χ2v) is 2.45. The highest BCUT2D eigenvalue weighted by Crippen LogP contribution is 2.20. The first-order valence-electron chi connectivity index (χ1n) is 3.65. The molecule has 0 spiro atoms. The second-order valence-electron chi connectivity index (χ2n) is 2.45. The van der Waals surface area contributed by atoms with E-state index in [1.54, 1.807) is 13.0 Å². The van der Waals surface area contributed by atoms with Crippen molar-refractivity contribution in [1.29, 1.82) is 0 Å². The summed E-state index contributed by atoms with van der Waals surface area (Å²) in [6.07, 6.45) is 1.35. The maximum Gasteiger partial charge on any atom is 0.388 e. The van der Waals surface area contributed by atoms with Gasteiger partial charge in [-0.1, -0.05) is 0 Å². The van der Waals surface area contributed by atoms with Crippen molar-refractivity contribution in [3.05, 3.63) is 23.4 Å². The fraction of sp³-hybridized carbons (Fsp3) is 0.375. The maximum atomic E-state index is 11.8. The molecule has 1 aromatic rings. The van der Waals surface area contributed by atoms with Crippen LogP contribution in [0.5, 0.6) is 5.88 Å². The van der Waals surface area contributed by atoms with Crippen molar-refractivity contribution >= 4 is 0 Å². The number of aliphatic hydroxyl groups excluding tert-OH is 1. The van der Waals surface area contributed by atoms with Crippen LogP contribution in [0.25, 0.3) is 0 Å². The molecule has 0 saturated carbocycles. The number of halogens is 2. The van der Waals surface area contributed by atoms with Crippen molar-refractivity contribution in [3.63, 3.8) is 0 Å². The summed E-state index contributed by atoms with van der Waals surface area (Å²) in [5, 5.41) is 8.85. The molecule has 0 atom stereocenters. The fourth-order valence-corrected chi connectivity index (χ4v) is 0.942. The minimum absolute atomic E-state index is 0.211. The molecule has 0 amide bonds. The number of alkyl halides is 2. The van der Waals surface area contributed by atoms with Crippen LogP contribution < -0.4 is 4.74 Å². The van der Waals surface area contributed by atoms with Crippen LogP contribution in [0.2, 0.25) is 0 Å². The standard InChI is InChI=1S/C8H9F2NO2/c1-5-2-3-11-7(6(5)4-12)13-8(9)10/h2-3,8,12H,4H2,1H3. The number of aryl methyl sites for hydroxylation is 1. The quantitative estimate of drug-likeness (QED) is 0.783. The molecule has 13 heavy (non-hydrogen) atoms. The van der Waals surface area contributed by atoms with Crippen molar-refractivity contribution in [3.8, 4) is 5.88 Å². The van der Waals surface area contributed by atoms with Crippen molar-refractivity contribution < 1.29 is 18.6 Å². The van der Waals surface area contributed by atoms with Gasteiger partial charge < -0.3 is 9.84 Å². The van der Waals surface area contributed by atoms with Crippen molar-refractivity contribution in [2.45, 2.75) is 20.1 Å². The third kappa shape index (κ3) is 2.35. The lowest BCUT2D eigenvalue weighted by Crippen LogP contribution is -2.07. The summed E-state index contributed by atoms with van der Waals surface area (Å²) >= 11 is 0. The molecule has 1 heterocycles. The minimum Gasteiger partial charge on any atom is -0.417 e. The average molecular weight is 189 g/mol. The first-order valence-corrected chi connectivity index (χ1v) is 3.65. The Kier molecular flexibility index (Phi) is 3.13. The molecule has 72 valence electrons. The normalized spacial score (nSPS) is 10.5. The topological polar surface area (TPSA) is 42.4 Å².